The van der Waals surface area contributed by atoms with Crippen LogP contribution in [-0.4, -0.2) is 43.2 Å². The second-order valence-electron chi connectivity index (χ2n) is 4.29. The molecule has 1 aliphatic heterocycles. The molecule has 1 aromatic rings. The molecule has 98 valence electrons. The maximum Gasteiger partial charge on any atom is 0.269 e. The van der Waals surface area contributed by atoms with E-state index >= 15 is 0 Å². The number of hydrogen-bond donors (Lipinski definition) is 2. The number of nitrogens with one attached hydrogen (secondary N) is 2. The van der Waals surface area contributed by atoms with Crippen molar-refractivity contribution in [2.45, 2.75) is 18.9 Å². The summed E-state index contributed by atoms with van der Waals surface area (Å²) in [7, 11) is 0. The van der Waals surface area contributed by atoms with Gasteiger partial charge in [0.05, 0.1) is 12.7 Å². The number of ether oxygens (including phenoxy) is 1. The molecule has 5 nitrogen and oxygen atoms in total. The third-order valence-corrected chi connectivity index (χ3v) is 2.92. The molecular weight excluding hydrogens is 230 g/mol. The highest BCUT2D eigenvalue weighted by molar-refractivity contribution is 5.92. The maximum atomic E-state index is 11.7. The highest BCUT2D eigenvalue weighted by Crippen LogP contribution is 2.06. The number of aromatic nitrogens is 1. The molecule has 2 rings (SSSR count). The van der Waals surface area contributed by atoms with Crippen molar-refractivity contribution in [2.75, 3.05) is 26.2 Å². The van der Waals surface area contributed by atoms with Crippen molar-refractivity contribution in [1.29, 1.82) is 0 Å². The Bertz CT molecular complexity index is 364. The molecule has 0 atom stereocenters. The van der Waals surface area contributed by atoms with E-state index in [-0.39, 0.29) is 5.91 Å². The van der Waals surface area contributed by atoms with Crippen molar-refractivity contribution < 1.29 is 9.53 Å². The van der Waals surface area contributed by atoms with Crippen LogP contribution in [0.4, 0.5) is 0 Å². The van der Waals surface area contributed by atoms with Gasteiger partial charge in [-0.2, -0.15) is 0 Å². The van der Waals surface area contributed by atoms with Gasteiger partial charge >= 0.3 is 0 Å². The fourth-order valence-corrected chi connectivity index (χ4v) is 1.94. The molecule has 5 heteroatoms. The Hall–Kier alpha value is -1.46. The molecule has 2 heterocycles. The van der Waals surface area contributed by atoms with Crippen LogP contribution in [0, 0.1) is 0 Å². The molecule has 18 heavy (non-hydrogen) atoms. The first-order valence-corrected chi connectivity index (χ1v) is 6.38. The molecule has 0 aliphatic carbocycles. The van der Waals surface area contributed by atoms with Gasteiger partial charge in [-0.25, -0.2) is 0 Å². The third-order valence-electron chi connectivity index (χ3n) is 2.92. The summed E-state index contributed by atoms with van der Waals surface area (Å²) in [5.41, 5.74) is 0.444. The van der Waals surface area contributed by atoms with Gasteiger partial charge in [0.1, 0.15) is 5.69 Å². The smallest absolute Gasteiger partial charge is 0.269 e. The van der Waals surface area contributed by atoms with Crippen LogP contribution in [0.1, 0.15) is 23.3 Å². The lowest BCUT2D eigenvalue weighted by Crippen LogP contribution is -2.35. The molecule has 2 N–H and O–H groups in total. The predicted molar refractivity (Wildman–Crippen MR) is 68.4 cm³/mol. The Morgan fingerprint density at radius 2 is 2.28 bits per heavy atom. The van der Waals surface area contributed by atoms with Crippen LogP contribution in [-0.2, 0) is 4.74 Å². The normalized spacial score (nSPS) is 16.4. The lowest BCUT2D eigenvalue weighted by atomic mass is 10.1. The fraction of sp³-hybridized carbons (Fsp3) is 0.538. The second kappa shape index (κ2) is 7.08. The molecule has 1 aromatic heterocycles. The number of piperidine rings is 1. The third kappa shape index (κ3) is 4.09. The molecule has 1 saturated heterocycles. The van der Waals surface area contributed by atoms with Crippen LogP contribution in [0.3, 0.4) is 0 Å². The van der Waals surface area contributed by atoms with Crippen LogP contribution in [0.5, 0.6) is 0 Å². The summed E-state index contributed by atoms with van der Waals surface area (Å²) in [4.78, 5) is 15.6. The van der Waals surface area contributed by atoms with Gasteiger partial charge in [0.2, 0.25) is 0 Å². The molecule has 0 unspecified atom stereocenters. The Morgan fingerprint density at radius 3 is 3.00 bits per heavy atom. The monoisotopic (exact) mass is 249 g/mol. The minimum absolute atomic E-state index is 0.149. The Labute approximate surface area is 107 Å². The van der Waals surface area contributed by atoms with E-state index in [0.717, 1.165) is 25.9 Å². The Kier molecular flexibility index (Phi) is 5.11. The van der Waals surface area contributed by atoms with E-state index in [2.05, 4.69) is 15.6 Å². The first-order chi connectivity index (χ1) is 8.86. The zero-order valence-corrected chi connectivity index (χ0v) is 10.4. The number of pyridine rings is 1. The molecule has 0 aromatic carbocycles. The first kappa shape index (κ1) is 13.0. The number of carbonyl (C=O) groups is 1. The number of nitrogens with zero attached hydrogens (tertiary/aromatic N) is 1. The van der Waals surface area contributed by atoms with Crippen LogP contribution in [0.15, 0.2) is 24.4 Å². The van der Waals surface area contributed by atoms with Gasteiger partial charge < -0.3 is 15.4 Å². The van der Waals surface area contributed by atoms with Gasteiger partial charge in [0, 0.05) is 12.7 Å². The summed E-state index contributed by atoms with van der Waals surface area (Å²) in [6.07, 6.45) is 4.04. The highest BCUT2D eigenvalue weighted by atomic mass is 16.5. The second-order valence-corrected chi connectivity index (χ2v) is 4.29. The van der Waals surface area contributed by atoms with Gasteiger partial charge in [-0.05, 0) is 38.1 Å². The summed E-state index contributed by atoms with van der Waals surface area (Å²) in [5.74, 6) is -0.149. The lowest BCUT2D eigenvalue weighted by molar-refractivity contribution is 0.0343. The molecule has 1 fully saturated rings. The van der Waals surface area contributed by atoms with Crippen molar-refractivity contribution in [1.82, 2.24) is 15.6 Å². The minimum atomic E-state index is -0.149. The minimum Gasteiger partial charge on any atom is -0.376 e. The average molecular weight is 249 g/mol. The standard InChI is InChI=1S/C13H19N3O2/c17-13(12-3-1-2-6-15-12)16-9-10-18-11-4-7-14-8-5-11/h1-3,6,11,14H,4-5,7-10H2,(H,16,17). The van der Waals surface area contributed by atoms with Crippen LogP contribution >= 0.6 is 0 Å². The molecule has 1 amide bonds. The van der Waals surface area contributed by atoms with Crippen LogP contribution in [0.25, 0.3) is 0 Å². The van der Waals surface area contributed by atoms with Gasteiger partial charge in [-0.15, -0.1) is 0 Å². The van der Waals surface area contributed by atoms with Crippen LogP contribution in [0.2, 0.25) is 0 Å². The van der Waals surface area contributed by atoms with E-state index in [1.807, 2.05) is 0 Å². The predicted octanol–water partition coefficient (Wildman–Crippen LogP) is 0.580. The number of amides is 1. The van der Waals surface area contributed by atoms with Crippen molar-refractivity contribution in [2.24, 2.45) is 0 Å². The number of hydrogen-bond acceptors (Lipinski definition) is 4. The number of rotatable bonds is 5. The van der Waals surface area contributed by atoms with Crippen molar-refractivity contribution in [3.63, 3.8) is 0 Å². The van der Waals surface area contributed by atoms with E-state index in [0.29, 0.717) is 24.9 Å². The average Bonchev–Trinajstić information content (AvgIpc) is 2.45. The molecule has 0 bridgehead atoms. The van der Waals surface area contributed by atoms with E-state index in [1.165, 1.54) is 0 Å². The Balaban J connectivity index is 1.62. The van der Waals surface area contributed by atoms with Crippen molar-refractivity contribution in [3.05, 3.63) is 30.1 Å². The maximum absolute atomic E-state index is 11.7. The lowest BCUT2D eigenvalue weighted by Gasteiger charge is -2.22. The fourth-order valence-electron chi connectivity index (χ4n) is 1.94. The summed E-state index contributed by atoms with van der Waals surface area (Å²) in [6.45, 7) is 3.12. The first-order valence-electron chi connectivity index (χ1n) is 6.38. The molecule has 0 saturated carbocycles. The summed E-state index contributed by atoms with van der Waals surface area (Å²) in [6, 6.07) is 5.29. The van der Waals surface area contributed by atoms with E-state index in [4.69, 9.17) is 4.74 Å². The summed E-state index contributed by atoms with van der Waals surface area (Å²) < 4.78 is 5.69. The SMILES string of the molecule is O=C(NCCOC1CCNCC1)c1ccccn1. The number of carbonyl (C=O) groups excluding carboxylic acids is 1. The van der Waals surface area contributed by atoms with E-state index < -0.39 is 0 Å². The zero-order chi connectivity index (χ0) is 12.6. The largest absolute Gasteiger partial charge is 0.376 e. The summed E-state index contributed by atoms with van der Waals surface area (Å²) >= 11 is 0. The molecule has 0 spiro atoms. The quantitative estimate of drug-likeness (QED) is 0.749. The Morgan fingerprint density at radius 1 is 1.44 bits per heavy atom. The molecule has 0 radical (unpaired) electrons. The van der Waals surface area contributed by atoms with E-state index in [1.54, 1.807) is 24.4 Å². The topological polar surface area (TPSA) is 63.2 Å². The zero-order valence-electron chi connectivity index (χ0n) is 10.4. The van der Waals surface area contributed by atoms with E-state index in [9.17, 15) is 4.79 Å². The molecular formula is C13H19N3O2. The van der Waals surface area contributed by atoms with Gasteiger partial charge in [0.15, 0.2) is 0 Å². The van der Waals surface area contributed by atoms with Crippen LogP contribution < -0.4 is 10.6 Å². The van der Waals surface area contributed by atoms with Gasteiger partial charge in [-0.3, -0.25) is 9.78 Å². The highest BCUT2D eigenvalue weighted by Gasteiger charge is 2.13. The van der Waals surface area contributed by atoms with Gasteiger partial charge in [-0.1, -0.05) is 6.07 Å². The van der Waals surface area contributed by atoms with Crippen molar-refractivity contribution in [3.8, 4) is 0 Å². The summed E-state index contributed by atoms with van der Waals surface area (Å²) in [5, 5.41) is 6.08. The molecule has 1 aliphatic rings. The van der Waals surface area contributed by atoms with Crippen molar-refractivity contribution >= 4 is 5.91 Å². The van der Waals surface area contributed by atoms with Gasteiger partial charge in [0.25, 0.3) is 5.91 Å².